The van der Waals surface area contributed by atoms with Gasteiger partial charge in [-0.05, 0) is 35.7 Å². The van der Waals surface area contributed by atoms with Gasteiger partial charge in [-0.1, -0.05) is 60.2 Å². The summed E-state index contributed by atoms with van der Waals surface area (Å²) in [4.78, 5) is 0.284. The average molecular weight is 435 g/mol. The minimum atomic E-state index is -3.54. The van der Waals surface area contributed by atoms with Crippen molar-refractivity contribution in [1.29, 1.82) is 0 Å². The minimum Gasteiger partial charge on any atom is -0.497 e. The summed E-state index contributed by atoms with van der Waals surface area (Å²) in [5, 5.41) is 3.53. The summed E-state index contributed by atoms with van der Waals surface area (Å²) >= 11 is 0. The molecular formula is C25H26N2O3S. The Balaban J connectivity index is 1.32. The molecule has 160 valence electrons. The first-order valence-electron chi connectivity index (χ1n) is 10.5. The van der Waals surface area contributed by atoms with E-state index in [9.17, 15) is 8.42 Å². The molecule has 6 heteroatoms. The van der Waals surface area contributed by atoms with Crippen LogP contribution in [0.5, 0.6) is 5.75 Å². The summed E-state index contributed by atoms with van der Waals surface area (Å²) in [5.74, 6) is 0.885. The van der Waals surface area contributed by atoms with Crippen molar-refractivity contribution >= 4 is 10.0 Å². The van der Waals surface area contributed by atoms with Crippen LogP contribution in [-0.2, 0) is 10.0 Å². The lowest BCUT2D eigenvalue weighted by molar-refractivity contribution is 0.102. The first kappa shape index (κ1) is 20.2. The summed E-state index contributed by atoms with van der Waals surface area (Å²) in [6.45, 7) is 3.05. The zero-order valence-corrected chi connectivity index (χ0v) is 18.5. The lowest BCUT2D eigenvalue weighted by Crippen LogP contribution is -2.72. The van der Waals surface area contributed by atoms with Crippen molar-refractivity contribution in [2.24, 2.45) is 0 Å². The van der Waals surface area contributed by atoms with Gasteiger partial charge in [0.25, 0.3) is 0 Å². The van der Waals surface area contributed by atoms with Gasteiger partial charge in [-0.3, -0.25) is 0 Å². The Morgan fingerprint density at radius 1 is 0.903 bits per heavy atom. The maximum absolute atomic E-state index is 13.1. The van der Waals surface area contributed by atoms with Crippen molar-refractivity contribution in [3.05, 3.63) is 83.9 Å². The van der Waals surface area contributed by atoms with E-state index in [2.05, 4.69) is 60.8 Å². The molecular weight excluding hydrogens is 408 g/mol. The van der Waals surface area contributed by atoms with Gasteiger partial charge in [0, 0.05) is 37.2 Å². The van der Waals surface area contributed by atoms with E-state index in [1.807, 2.05) is 0 Å². The van der Waals surface area contributed by atoms with Gasteiger partial charge in [0.05, 0.1) is 12.0 Å². The van der Waals surface area contributed by atoms with Crippen LogP contribution in [0.4, 0.5) is 0 Å². The number of methoxy groups -OCH3 is 1. The van der Waals surface area contributed by atoms with Crippen LogP contribution in [0.3, 0.4) is 0 Å². The molecule has 3 saturated heterocycles. The monoisotopic (exact) mass is 434 g/mol. The first-order valence-corrected chi connectivity index (χ1v) is 12.0. The Bertz CT molecular complexity index is 1200. The van der Waals surface area contributed by atoms with Gasteiger partial charge in [-0.25, -0.2) is 8.42 Å². The molecule has 0 saturated carbocycles. The van der Waals surface area contributed by atoms with Crippen LogP contribution in [0.1, 0.15) is 17.0 Å². The van der Waals surface area contributed by atoms with E-state index in [4.69, 9.17) is 4.74 Å². The molecule has 0 radical (unpaired) electrons. The summed E-state index contributed by atoms with van der Waals surface area (Å²) in [6.07, 6.45) is 0. The van der Waals surface area contributed by atoms with Crippen molar-refractivity contribution in [3.8, 4) is 16.9 Å². The highest BCUT2D eigenvalue weighted by molar-refractivity contribution is 7.89. The molecule has 5 nitrogen and oxygen atoms in total. The van der Waals surface area contributed by atoms with Crippen LogP contribution in [-0.4, -0.2) is 45.0 Å². The molecule has 3 heterocycles. The number of hydrogen-bond donors (Lipinski definition) is 1. The molecule has 3 aliphatic rings. The van der Waals surface area contributed by atoms with Gasteiger partial charge in [-0.15, -0.1) is 0 Å². The van der Waals surface area contributed by atoms with E-state index in [0.717, 1.165) is 0 Å². The molecule has 0 aromatic heterocycles. The fourth-order valence-electron chi connectivity index (χ4n) is 4.78. The van der Waals surface area contributed by atoms with Crippen molar-refractivity contribution in [2.75, 3.05) is 20.2 Å². The number of piperazine rings is 1. The summed E-state index contributed by atoms with van der Waals surface area (Å²) in [7, 11) is -1.99. The van der Waals surface area contributed by atoms with E-state index in [1.165, 1.54) is 22.3 Å². The van der Waals surface area contributed by atoms with Gasteiger partial charge in [0.1, 0.15) is 5.75 Å². The molecule has 1 N–H and O–H groups in total. The molecule has 3 atom stereocenters. The van der Waals surface area contributed by atoms with Crippen LogP contribution >= 0.6 is 0 Å². The van der Waals surface area contributed by atoms with Crippen LogP contribution in [0.2, 0.25) is 0 Å². The minimum absolute atomic E-state index is 0.129. The maximum atomic E-state index is 13.1. The topological polar surface area (TPSA) is 58.6 Å². The molecule has 6 rings (SSSR count). The average Bonchev–Trinajstić information content (AvgIpc) is 2.79. The molecule has 3 fully saturated rings. The molecule has 3 aromatic rings. The fraction of sp³-hybridized carbons (Fsp3) is 0.280. The molecule has 0 amide bonds. The Morgan fingerprint density at radius 3 is 2.29 bits per heavy atom. The van der Waals surface area contributed by atoms with Crippen molar-refractivity contribution < 1.29 is 13.2 Å². The van der Waals surface area contributed by atoms with Crippen LogP contribution in [0, 0.1) is 6.92 Å². The lowest BCUT2D eigenvalue weighted by Gasteiger charge is -2.54. The molecule has 0 aliphatic carbocycles. The smallest absolute Gasteiger partial charge is 0.243 e. The number of sulfonamides is 1. The van der Waals surface area contributed by atoms with Gasteiger partial charge < -0.3 is 10.1 Å². The Kier molecular flexibility index (Phi) is 5.08. The highest BCUT2D eigenvalue weighted by Gasteiger charge is 2.49. The zero-order chi connectivity index (χ0) is 21.6. The number of benzene rings is 3. The Hall–Kier alpha value is -2.67. The Labute approximate surface area is 183 Å². The molecule has 0 spiro atoms. The van der Waals surface area contributed by atoms with Gasteiger partial charge in [0.2, 0.25) is 10.0 Å². The molecule has 3 aliphatic heterocycles. The largest absolute Gasteiger partial charge is 0.497 e. The van der Waals surface area contributed by atoms with Crippen LogP contribution in [0.25, 0.3) is 11.1 Å². The molecule has 2 bridgehead atoms. The third-order valence-corrected chi connectivity index (χ3v) is 8.25. The molecule has 31 heavy (non-hydrogen) atoms. The fourth-order valence-corrected chi connectivity index (χ4v) is 6.31. The van der Waals surface area contributed by atoms with E-state index >= 15 is 0 Å². The summed E-state index contributed by atoms with van der Waals surface area (Å²) in [5.41, 5.74) is 4.93. The highest BCUT2D eigenvalue weighted by atomic mass is 32.2. The highest BCUT2D eigenvalue weighted by Crippen LogP contribution is 2.39. The summed E-state index contributed by atoms with van der Waals surface area (Å²) in [6, 6.07) is 24.2. The summed E-state index contributed by atoms with van der Waals surface area (Å²) < 4.78 is 33.1. The van der Waals surface area contributed by atoms with Crippen LogP contribution in [0.15, 0.2) is 77.7 Å². The maximum Gasteiger partial charge on any atom is 0.243 e. The first-order chi connectivity index (χ1) is 15.0. The number of ether oxygens (including phenoxy) is 1. The van der Waals surface area contributed by atoms with Crippen molar-refractivity contribution in [1.82, 2.24) is 9.62 Å². The standard InChI is InChI=1S/C25H26N2O3S/c1-17-5-3-6-20(13-17)18-9-11-19(12-10-18)25-23-15-27(16-24(25)26-23)31(28,29)22-8-4-7-21(14-22)30-2/h3-14,23-26H,15-16H2,1-2H3/t23-,24+,25?. The predicted molar refractivity (Wildman–Crippen MR) is 122 cm³/mol. The predicted octanol–water partition coefficient (Wildman–Crippen LogP) is 3.80. The quantitative estimate of drug-likeness (QED) is 0.664. The number of piperidine rings is 1. The lowest BCUT2D eigenvalue weighted by atomic mass is 9.75. The number of rotatable bonds is 5. The van der Waals surface area contributed by atoms with Crippen LogP contribution < -0.4 is 10.1 Å². The number of nitrogens with one attached hydrogen (secondary N) is 1. The Morgan fingerprint density at radius 2 is 1.61 bits per heavy atom. The third kappa shape index (κ3) is 3.65. The second-order valence-electron chi connectivity index (χ2n) is 8.40. The zero-order valence-electron chi connectivity index (χ0n) is 17.7. The SMILES string of the molecule is COc1cccc(S(=O)(=O)N2C[C@@H]3N[C@H](C2)C3c2ccc(-c3cccc(C)c3)cc2)c1. The third-order valence-electron chi connectivity index (χ3n) is 6.42. The van der Waals surface area contributed by atoms with E-state index in [1.54, 1.807) is 35.7 Å². The van der Waals surface area contributed by atoms with E-state index in [-0.39, 0.29) is 17.0 Å². The molecule has 3 aromatic carbocycles. The number of aryl methyl sites for hydroxylation is 1. The van der Waals surface area contributed by atoms with E-state index in [0.29, 0.717) is 24.8 Å². The van der Waals surface area contributed by atoms with Gasteiger partial charge >= 0.3 is 0 Å². The van der Waals surface area contributed by atoms with Gasteiger partial charge in [0.15, 0.2) is 0 Å². The normalized spacial score (nSPS) is 23.2. The number of nitrogens with zero attached hydrogens (tertiary/aromatic N) is 1. The van der Waals surface area contributed by atoms with E-state index < -0.39 is 10.0 Å². The van der Waals surface area contributed by atoms with Gasteiger partial charge in [-0.2, -0.15) is 4.31 Å². The second-order valence-corrected chi connectivity index (χ2v) is 10.3. The number of fused-ring (bicyclic) bond motifs is 2. The van der Waals surface area contributed by atoms with Crippen molar-refractivity contribution in [3.63, 3.8) is 0 Å². The number of hydrogen-bond acceptors (Lipinski definition) is 4. The second kappa shape index (κ2) is 7.79. The molecule has 1 unspecified atom stereocenters. The van der Waals surface area contributed by atoms with Crippen molar-refractivity contribution in [2.45, 2.75) is 29.8 Å².